The normalized spacial score (nSPS) is 20.3. The lowest BCUT2D eigenvalue weighted by Crippen LogP contribution is -2.37. The van der Waals surface area contributed by atoms with Gasteiger partial charge >= 0.3 is 6.09 Å². The minimum atomic E-state index is -0.573. The van der Waals surface area contributed by atoms with Crippen LogP contribution in [0.5, 0.6) is 0 Å². The number of hydrogen-bond acceptors (Lipinski definition) is 5. The molecule has 1 heterocycles. The second-order valence-corrected chi connectivity index (χ2v) is 6.67. The van der Waals surface area contributed by atoms with Crippen molar-refractivity contribution in [3.05, 3.63) is 0 Å². The van der Waals surface area contributed by atoms with E-state index in [1.807, 2.05) is 0 Å². The van der Waals surface area contributed by atoms with Crippen molar-refractivity contribution >= 4 is 42.4 Å². The molecule has 1 fully saturated rings. The maximum Gasteiger partial charge on any atom is 0.417 e. The monoisotopic (exact) mass is 387 g/mol. The van der Waals surface area contributed by atoms with Gasteiger partial charge < -0.3 is 8.92 Å². The molecule has 1 aliphatic heterocycles. The molecule has 0 aromatic heterocycles. The number of rotatable bonds is 4. The molecule has 1 atom stereocenters. The van der Waals surface area contributed by atoms with Crippen molar-refractivity contribution in [2.75, 3.05) is 13.2 Å². The molecule has 5 nitrogen and oxygen atoms in total. The SMILES string of the molecule is CC(C)(C)OC(=O)N1CC(CCOSI)CC1=O. The lowest BCUT2D eigenvalue weighted by atomic mass is 10.1. The van der Waals surface area contributed by atoms with Crippen LogP contribution < -0.4 is 0 Å². The zero-order chi connectivity index (χ0) is 13.8. The van der Waals surface area contributed by atoms with Crippen LogP contribution in [0.4, 0.5) is 4.79 Å². The summed E-state index contributed by atoms with van der Waals surface area (Å²) in [5.41, 5.74) is -0.573. The average Bonchev–Trinajstić information content (AvgIpc) is 2.58. The van der Waals surface area contributed by atoms with Crippen LogP contribution in [0.25, 0.3) is 0 Å². The van der Waals surface area contributed by atoms with E-state index in [1.54, 1.807) is 20.8 Å². The first-order valence-electron chi connectivity index (χ1n) is 5.77. The van der Waals surface area contributed by atoms with E-state index in [0.717, 1.165) is 6.42 Å². The van der Waals surface area contributed by atoms with Gasteiger partial charge in [0.25, 0.3) is 0 Å². The van der Waals surface area contributed by atoms with E-state index in [0.29, 0.717) is 19.6 Å². The Morgan fingerprint density at radius 1 is 1.56 bits per heavy atom. The van der Waals surface area contributed by atoms with Gasteiger partial charge in [0.1, 0.15) is 5.60 Å². The van der Waals surface area contributed by atoms with Gasteiger partial charge in [0.15, 0.2) is 0 Å². The Morgan fingerprint density at radius 3 is 2.78 bits per heavy atom. The summed E-state index contributed by atoms with van der Waals surface area (Å²) in [6.45, 7) is 6.38. The summed E-state index contributed by atoms with van der Waals surface area (Å²) >= 11 is 2.05. The molecule has 1 unspecified atom stereocenters. The van der Waals surface area contributed by atoms with Gasteiger partial charge in [0.05, 0.1) is 15.8 Å². The smallest absolute Gasteiger partial charge is 0.417 e. The van der Waals surface area contributed by atoms with Crippen molar-refractivity contribution < 1.29 is 18.5 Å². The Bertz CT molecular complexity index is 319. The van der Waals surface area contributed by atoms with Gasteiger partial charge in [-0.1, -0.05) is 0 Å². The molecule has 2 amide bonds. The van der Waals surface area contributed by atoms with Crippen molar-refractivity contribution in [3.63, 3.8) is 0 Å². The first kappa shape index (κ1) is 16.0. The van der Waals surface area contributed by atoms with Crippen molar-refractivity contribution in [2.45, 2.75) is 39.2 Å². The van der Waals surface area contributed by atoms with Crippen LogP contribution in [-0.4, -0.2) is 35.7 Å². The fourth-order valence-electron chi connectivity index (χ4n) is 1.71. The molecule has 1 rings (SSSR count). The molecule has 18 heavy (non-hydrogen) atoms. The molecule has 0 spiro atoms. The van der Waals surface area contributed by atoms with E-state index in [-0.39, 0.29) is 11.8 Å². The Labute approximate surface area is 124 Å². The number of likely N-dealkylation sites (tertiary alicyclic amines) is 1. The molecule has 1 aliphatic rings. The quantitative estimate of drug-likeness (QED) is 0.421. The van der Waals surface area contributed by atoms with Crippen LogP contribution in [-0.2, 0) is 13.7 Å². The summed E-state index contributed by atoms with van der Waals surface area (Å²) in [4.78, 5) is 24.7. The number of ether oxygens (including phenoxy) is 1. The molecular weight excluding hydrogens is 369 g/mol. The summed E-state index contributed by atoms with van der Waals surface area (Å²) in [5.74, 6) is 0.0185. The predicted octanol–water partition coefficient (Wildman–Crippen LogP) is 3.17. The molecule has 0 aromatic carbocycles. The van der Waals surface area contributed by atoms with Gasteiger partial charge in [-0.2, -0.15) is 0 Å². The summed E-state index contributed by atoms with van der Waals surface area (Å²) in [7, 11) is 1.28. The highest BCUT2D eigenvalue weighted by Crippen LogP contribution is 2.24. The van der Waals surface area contributed by atoms with Crippen molar-refractivity contribution in [1.82, 2.24) is 4.90 Å². The van der Waals surface area contributed by atoms with Crippen molar-refractivity contribution in [3.8, 4) is 0 Å². The van der Waals surface area contributed by atoms with Crippen LogP contribution in [0.15, 0.2) is 0 Å². The highest BCUT2D eigenvalue weighted by atomic mass is 127. The minimum absolute atomic E-state index is 0.156. The lowest BCUT2D eigenvalue weighted by molar-refractivity contribution is -0.127. The Balaban J connectivity index is 2.44. The Kier molecular flexibility index (Phi) is 6.19. The van der Waals surface area contributed by atoms with E-state index in [1.165, 1.54) is 14.1 Å². The molecule has 0 radical (unpaired) electrons. The second kappa shape index (κ2) is 6.95. The van der Waals surface area contributed by atoms with Crippen LogP contribution in [0.1, 0.15) is 33.6 Å². The lowest BCUT2D eigenvalue weighted by Gasteiger charge is -2.23. The van der Waals surface area contributed by atoms with Gasteiger partial charge in [-0.15, -0.1) is 0 Å². The first-order valence-corrected chi connectivity index (χ1v) is 9.05. The van der Waals surface area contributed by atoms with E-state index in [2.05, 4.69) is 21.2 Å². The maximum atomic E-state index is 11.8. The van der Waals surface area contributed by atoms with E-state index >= 15 is 0 Å². The molecular formula is C11H18INO4S. The number of amides is 2. The largest absolute Gasteiger partial charge is 0.443 e. The van der Waals surface area contributed by atoms with Crippen LogP contribution in [0, 0.1) is 5.92 Å². The number of hydrogen-bond donors (Lipinski definition) is 0. The summed E-state index contributed by atoms with van der Waals surface area (Å²) in [5, 5.41) is 0. The molecule has 0 aromatic rings. The van der Waals surface area contributed by atoms with E-state index in [9.17, 15) is 9.59 Å². The Hall–Kier alpha value is -0.0200. The summed E-state index contributed by atoms with van der Waals surface area (Å²) < 4.78 is 10.4. The fourth-order valence-corrected chi connectivity index (χ4v) is 2.41. The van der Waals surface area contributed by atoms with Crippen LogP contribution in [0.3, 0.4) is 0 Å². The average molecular weight is 387 g/mol. The second-order valence-electron chi connectivity index (χ2n) is 5.23. The zero-order valence-electron chi connectivity index (χ0n) is 10.8. The predicted molar refractivity (Wildman–Crippen MR) is 78.2 cm³/mol. The molecule has 1 saturated heterocycles. The zero-order valence-corrected chi connectivity index (χ0v) is 13.7. The maximum absolute atomic E-state index is 11.8. The van der Waals surface area contributed by atoms with Crippen molar-refractivity contribution in [2.24, 2.45) is 5.92 Å². The van der Waals surface area contributed by atoms with Gasteiger partial charge in [-0.25, -0.2) is 9.69 Å². The molecule has 0 bridgehead atoms. The molecule has 0 N–H and O–H groups in total. The summed E-state index contributed by atoms with van der Waals surface area (Å²) in [6.07, 6.45) is 0.634. The highest BCUT2D eigenvalue weighted by molar-refractivity contribution is 14.2. The van der Waals surface area contributed by atoms with Crippen LogP contribution >= 0.6 is 30.4 Å². The molecule has 0 aliphatic carbocycles. The highest BCUT2D eigenvalue weighted by Gasteiger charge is 2.36. The first-order chi connectivity index (χ1) is 8.33. The van der Waals surface area contributed by atoms with Gasteiger partial charge in [-0.3, -0.25) is 4.79 Å². The van der Waals surface area contributed by atoms with Gasteiger partial charge in [0.2, 0.25) is 5.91 Å². The van der Waals surface area contributed by atoms with E-state index in [4.69, 9.17) is 8.92 Å². The van der Waals surface area contributed by atoms with Gasteiger partial charge in [0, 0.05) is 34.2 Å². The number of nitrogens with zero attached hydrogens (tertiary/aromatic N) is 1. The standard InChI is InChI=1S/C11H18INO4S/c1-11(2,3)17-10(15)13-7-8(6-9(13)14)4-5-16-18-12/h8H,4-7H2,1-3H3. The number of halogens is 1. The molecule has 104 valence electrons. The molecule has 0 saturated carbocycles. The number of imide groups is 1. The van der Waals surface area contributed by atoms with E-state index < -0.39 is 11.7 Å². The summed E-state index contributed by atoms with van der Waals surface area (Å²) in [6, 6.07) is 0. The molecule has 7 heteroatoms. The third-order valence-electron chi connectivity index (χ3n) is 2.47. The minimum Gasteiger partial charge on any atom is -0.443 e. The fraction of sp³-hybridized carbons (Fsp3) is 0.818. The topological polar surface area (TPSA) is 55.8 Å². The number of carbonyl (C=O) groups is 2. The number of carbonyl (C=O) groups excluding carboxylic acids is 2. The Morgan fingerprint density at radius 2 is 2.22 bits per heavy atom. The third-order valence-corrected chi connectivity index (χ3v) is 3.49. The van der Waals surface area contributed by atoms with Crippen LogP contribution in [0.2, 0.25) is 0 Å². The van der Waals surface area contributed by atoms with Gasteiger partial charge in [-0.05, 0) is 33.1 Å². The third kappa shape index (κ3) is 5.31. The van der Waals surface area contributed by atoms with Crippen molar-refractivity contribution in [1.29, 1.82) is 0 Å².